The monoisotopic (exact) mass is 430 g/mol. The molecule has 3 N–H and O–H groups in total. The number of nitrogens with one attached hydrogen (secondary N) is 2. The average molecular weight is 431 g/mol. The number of unbranched alkanes of at least 4 members (excludes halogenated alkanes) is 4. The van der Waals surface area contributed by atoms with E-state index in [1.807, 2.05) is 27.7 Å². The number of carbonyl (C=O) groups is 3. The van der Waals surface area contributed by atoms with Crippen LogP contribution >= 0.6 is 0 Å². The van der Waals surface area contributed by atoms with Gasteiger partial charge in [0.05, 0.1) is 5.92 Å². The molecule has 0 aromatic rings. The van der Waals surface area contributed by atoms with E-state index in [1.54, 1.807) is 13.8 Å². The third-order valence-corrected chi connectivity index (χ3v) is 4.47. The summed E-state index contributed by atoms with van der Waals surface area (Å²) in [6, 6.07) is -0.109. The van der Waals surface area contributed by atoms with Crippen LogP contribution in [0, 0.1) is 5.92 Å². The summed E-state index contributed by atoms with van der Waals surface area (Å²) in [4.78, 5) is 33.1. The minimum atomic E-state index is -0.741. The highest BCUT2D eigenvalue weighted by molar-refractivity contribution is 5.80. The zero-order chi connectivity index (χ0) is 24.2. The average Bonchev–Trinajstić information content (AvgIpc) is 2.62. The van der Waals surface area contributed by atoms with Gasteiger partial charge < -0.3 is 15.7 Å². The number of amides is 2. The van der Waals surface area contributed by atoms with Gasteiger partial charge in [-0.25, -0.2) is 0 Å². The van der Waals surface area contributed by atoms with Gasteiger partial charge in [0.15, 0.2) is 0 Å². The van der Waals surface area contributed by atoms with Crippen molar-refractivity contribution in [2.75, 3.05) is 0 Å². The second-order valence-electron chi connectivity index (χ2n) is 8.76. The van der Waals surface area contributed by atoms with Gasteiger partial charge in [0.1, 0.15) is 0 Å². The Morgan fingerprint density at radius 3 is 1.63 bits per heavy atom. The van der Waals surface area contributed by atoms with E-state index in [-0.39, 0.29) is 29.3 Å². The van der Waals surface area contributed by atoms with Gasteiger partial charge in [0, 0.05) is 24.4 Å². The number of carboxylic acid groups (broad SMARTS) is 1. The van der Waals surface area contributed by atoms with E-state index >= 15 is 0 Å². The van der Waals surface area contributed by atoms with Crippen molar-refractivity contribution in [3.8, 4) is 0 Å². The van der Waals surface area contributed by atoms with Gasteiger partial charge in [-0.15, -0.1) is 0 Å². The second-order valence-corrected chi connectivity index (χ2v) is 8.76. The Balaban J connectivity index is -0.000000541. The van der Waals surface area contributed by atoms with E-state index in [0.717, 1.165) is 25.7 Å². The van der Waals surface area contributed by atoms with Gasteiger partial charge >= 0.3 is 5.97 Å². The molecule has 0 aromatic heterocycles. The fourth-order valence-corrected chi connectivity index (χ4v) is 2.08. The molecule has 1 atom stereocenters. The van der Waals surface area contributed by atoms with Crippen molar-refractivity contribution in [1.82, 2.24) is 10.6 Å². The largest absolute Gasteiger partial charge is 0.481 e. The third-order valence-electron chi connectivity index (χ3n) is 4.47. The zero-order valence-electron chi connectivity index (χ0n) is 21.2. The number of carbonyl (C=O) groups excluding carboxylic acids is 2. The maximum absolute atomic E-state index is 11.8. The number of rotatable bonds is 12. The van der Waals surface area contributed by atoms with Crippen molar-refractivity contribution < 1.29 is 19.5 Å². The lowest BCUT2D eigenvalue weighted by atomic mass is 10.0. The number of aliphatic carboxylic acids is 1. The Labute approximate surface area is 186 Å². The van der Waals surface area contributed by atoms with Crippen LogP contribution in [0.4, 0.5) is 0 Å². The Hall–Kier alpha value is -1.59. The van der Waals surface area contributed by atoms with E-state index in [9.17, 15) is 14.4 Å². The van der Waals surface area contributed by atoms with Crippen LogP contribution in [0.15, 0.2) is 0 Å². The SMILES string of the molecule is CC(C)C(=O)O.CCCCC.CCCCCC(=O)NC(C)CC(=O)NC(C)(C)CC. The van der Waals surface area contributed by atoms with Gasteiger partial charge in [-0.1, -0.05) is 73.6 Å². The van der Waals surface area contributed by atoms with Crippen LogP contribution in [-0.4, -0.2) is 34.5 Å². The number of hydrogen-bond acceptors (Lipinski definition) is 3. The smallest absolute Gasteiger partial charge is 0.305 e. The first-order valence-electron chi connectivity index (χ1n) is 11.7. The molecule has 6 nitrogen and oxygen atoms in total. The molecule has 0 saturated heterocycles. The van der Waals surface area contributed by atoms with Crippen LogP contribution < -0.4 is 10.6 Å². The molecule has 0 aliphatic carbocycles. The lowest BCUT2D eigenvalue weighted by Gasteiger charge is -2.25. The minimum absolute atomic E-state index is 0.00629. The van der Waals surface area contributed by atoms with Crippen LogP contribution in [0.25, 0.3) is 0 Å². The van der Waals surface area contributed by atoms with Gasteiger partial charge in [-0.2, -0.15) is 0 Å². The van der Waals surface area contributed by atoms with Crippen LogP contribution in [0.1, 0.15) is 120 Å². The molecule has 0 aliphatic rings. The lowest BCUT2D eigenvalue weighted by molar-refractivity contribution is -0.140. The van der Waals surface area contributed by atoms with Crippen molar-refractivity contribution in [1.29, 1.82) is 0 Å². The van der Waals surface area contributed by atoms with E-state index in [2.05, 4.69) is 31.4 Å². The maximum Gasteiger partial charge on any atom is 0.305 e. The highest BCUT2D eigenvalue weighted by Gasteiger charge is 2.19. The zero-order valence-corrected chi connectivity index (χ0v) is 21.2. The van der Waals surface area contributed by atoms with E-state index in [0.29, 0.717) is 12.8 Å². The molecule has 1 unspecified atom stereocenters. The summed E-state index contributed by atoms with van der Waals surface area (Å²) in [5, 5.41) is 13.8. The first-order valence-corrected chi connectivity index (χ1v) is 11.7. The second kappa shape index (κ2) is 20.7. The Morgan fingerprint density at radius 1 is 0.833 bits per heavy atom. The molecular formula is C24H50N2O4. The molecule has 30 heavy (non-hydrogen) atoms. The summed E-state index contributed by atoms with van der Waals surface area (Å²) in [5.74, 6) is -0.934. The molecule has 6 heteroatoms. The molecule has 0 saturated carbocycles. The summed E-state index contributed by atoms with van der Waals surface area (Å²) in [7, 11) is 0. The molecule has 0 radical (unpaired) electrons. The van der Waals surface area contributed by atoms with Crippen LogP contribution in [0.2, 0.25) is 0 Å². The molecule has 0 spiro atoms. The number of carboxylic acids is 1. The molecule has 0 rings (SSSR count). The molecular weight excluding hydrogens is 380 g/mol. The number of hydrogen-bond donors (Lipinski definition) is 3. The quantitative estimate of drug-likeness (QED) is 0.347. The normalized spacial score (nSPS) is 11.4. The standard InChI is InChI=1S/C15H30N2O2.C5H12.C4H8O2/c1-6-8-9-10-13(18)16-12(3)11-14(19)17-15(4,5)7-2;1-3-5-4-2;1-3(2)4(5)6/h12H,6-11H2,1-5H3,(H,16,18)(H,17,19);3-5H2,1-2H3;3H,1-2H3,(H,5,6). The van der Waals surface area contributed by atoms with Crippen LogP contribution in [0.5, 0.6) is 0 Å². The molecule has 0 bridgehead atoms. The molecule has 0 heterocycles. The van der Waals surface area contributed by atoms with Gasteiger partial charge in [0.2, 0.25) is 11.8 Å². The summed E-state index contributed by atoms with van der Waals surface area (Å²) >= 11 is 0. The van der Waals surface area contributed by atoms with Crippen molar-refractivity contribution in [2.24, 2.45) is 5.92 Å². The fourth-order valence-electron chi connectivity index (χ4n) is 2.08. The van der Waals surface area contributed by atoms with E-state index in [1.165, 1.54) is 19.3 Å². The summed E-state index contributed by atoms with van der Waals surface area (Å²) in [6.07, 6.45) is 8.96. The summed E-state index contributed by atoms with van der Waals surface area (Å²) < 4.78 is 0. The van der Waals surface area contributed by atoms with Gasteiger partial charge in [0.25, 0.3) is 0 Å². The predicted octanol–water partition coefficient (Wildman–Crippen LogP) is 5.69. The van der Waals surface area contributed by atoms with Crippen molar-refractivity contribution >= 4 is 17.8 Å². The van der Waals surface area contributed by atoms with E-state index in [4.69, 9.17) is 5.11 Å². The Kier molecular flexibility index (Phi) is 22.8. The molecule has 180 valence electrons. The van der Waals surface area contributed by atoms with Crippen LogP contribution in [0.3, 0.4) is 0 Å². The van der Waals surface area contributed by atoms with Crippen LogP contribution in [-0.2, 0) is 14.4 Å². The lowest BCUT2D eigenvalue weighted by Crippen LogP contribution is -2.45. The van der Waals surface area contributed by atoms with Crippen molar-refractivity contribution in [2.45, 2.75) is 132 Å². The molecule has 0 fully saturated rings. The molecule has 2 amide bonds. The maximum atomic E-state index is 11.8. The minimum Gasteiger partial charge on any atom is -0.481 e. The highest BCUT2D eigenvalue weighted by Crippen LogP contribution is 2.07. The molecule has 0 aliphatic heterocycles. The van der Waals surface area contributed by atoms with Gasteiger partial charge in [-0.3, -0.25) is 14.4 Å². The van der Waals surface area contributed by atoms with Gasteiger partial charge in [-0.05, 0) is 33.6 Å². The summed E-state index contributed by atoms with van der Waals surface area (Å²) in [6.45, 7) is 17.7. The first-order chi connectivity index (χ1) is 13.9. The summed E-state index contributed by atoms with van der Waals surface area (Å²) in [5.41, 5.74) is -0.179. The fraction of sp³-hybridized carbons (Fsp3) is 0.875. The topological polar surface area (TPSA) is 95.5 Å². The first kappa shape index (κ1) is 33.1. The predicted molar refractivity (Wildman–Crippen MR) is 127 cm³/mol. The Morgan fingerprint density at radius 2 is 1.30 bits per heavy atom. The van der Waals surface area contributed by atoms with E-state index < -0.39 is 5.97 Å². The Bertz CT molecular complexity index is 446. The van der Waals surface area contributed by atoms with Crippen molar-refractivity contribution in [3.63, 3.8) is 0 Å². The van der Waals surface area contributed by atoms with Crippen molar-refractivity contribution in [3.05, 3.63) is 0 Å². The highest BCUT2D eigenvalue weighted by atomic mass is 16.4. The third kappa shape index (κ3) is 26.4. The molecule has 0 aromatic carbocycles.